The van der Waals surface area contributed by atoms with Crippen LogP contribution in [0.15, 0.2) is 0 Å². The van der Waals surface area contributed by atoms with Gasteiger partial charge in [-0.3, -0.25) is 4.57 Å². The van der Waals surface area contributed by atoms with Crippen molar-refractivity contribution in [1.82, 2.24) is 0 Å². The van der Waals surface area contributed by atoms with E-state index in [9.17, 15) is 14.7 Å². The third kappa shape index (κ3) is 6.36. The summed E-state index contributed by atoms with van der Waals surface area (Å²) in [4.78, 5) is 30.4. The van der Waals surface area contributed by atoms with E-state index in [1.54, 1.807) is 0 Å². The van der Waals surface area contributed by atoms with E-state index in [4.69, 9.17) is 21.4 Å². The summed E-state index contributed by atoms with van der Waals surface area (Å²) in [6.45, 7) is 0. The van der Waals surface area contributed by atoms with E-state index in [2.05, 4.69) is 4.84 Å². The van der Waals surface area contributed by atoms with Crippen LogP contribution in [-0.4, -0.2) is 33.0 Å². The molecule has 0 saturated heterocycles. The molecule has 0 saturated carbocycles. The summed E-state index contributed by atoms with van der Waals surface area (Å²) < 4.78 is 10.3. The second-order valence-electron chi connectivity index (χ2n) is 1.95. The molecule has 0 aliphatic rings. The lowest BCUT2D eigenvalue weighted by molar-refractivity contribution is -0.766. The second kappa shape index (κ2) is 4.61. The van der Waals surface area contributed by atoms with Crippen LogP contribution in [0.2, 0.25) is 0 Å². The average molecular weight is 220 g/mol. The largest absolute Gasteiger partial charge is 0.327 e. The Morgan fingerprint density at radius 3 is 2.42 bits per heavy atom. The van der Waals surface area contributed by atoms with Gasteiger partial charge in [0.2, 0.25) is 0 Å². The Labute approximate surface area is 72.5 Å². The second-order valence-corrected chi connectivity index (χ2v) is 3.96. The normalized spacial score (nSPS) is 13.9. The van der Waals surface area contributed by atoms with Crippen LogP contribution in [0.4, 0.5) is 0 Å². The number of hydrogen-bond acceptors (Lipinski definition) is 4. The quantitative estimate of drug-likeness (QED) is 0.291. The molecule has 12 heavy (non-hydrogen) atoms. The molecule has 0 aromatic heterocycles. The Kier molecular flexibility index (Phi) is 4.47. The molecule has 0 radical (unpaired) electrons. The SMILES string of the molecule is O=[N+]([O-])OC(CCl)CP(=O)(O)O. The Morgan fingerprint density at radius 2 is 2.17 bits per heavy atom. The maximum atomic E-state index is 10.3. The van der Waals surface area contributed by atoms with Crippen LogP contribution in [0.3, 0.4) is 0 Å². The molecular weight excluding hydrogens is 212 g/mol. The van der Waals surface area contributed by atoms with E-state index >= 15 is 0 Å². The van der Waals surface area contributed by atoms with Gasteiger partial charge < -0.3 is 14.6 Å². The molecule has 0 spiro atoms. The highest BCUT2D eigenvalue weighted by Gasteiger charge is 2.23. The van der Waals surface area contributed by atoms with Gasteiger partial charge in [0.1, 0.15) is 6.10 Å². The van der Waals surface area contributed by atoms with E-state index < -0.39 is 24.9 Å². The minimum absolute atomic E-state index is 0.341. The Hall–Kier alpha value is -0.360. The van der Waals surface area contributed by atoms with Crippen LogP contribution in [0.5, 0.6) is 0 Å². The van der Waals surface area contributed by atoms with Gasteiger partial charge >= 0.3 is 7.60 Å². The van der Waals surface area contributed by atoms with Crippen LogP contribution in [0.1, 0.15) is 0 Å². The van der Waals surface area contributed by atoms with Gasteiger partial charge in [-0.25, -0.2) is 0 Å². The molecule has 0 heterocycles. The van der Waals surface area contributed by atoms with Gasteiger partial charge in [0, 0.05) is 5.88 Å². The zero-order chi connectivity index (χ0) is 9.78. The number of hydrogen-bond donors (Lipinski definition) is 2. The van der Waals surface area contributed by atoms with Crippen LogP contribution < -0.4 is 0 Å². The zero-order valence-electron chi connectivity index (χ0n) is 5.79. The summed E-state index contributed by atoms with van der Waals surface area (Å²) in [6, 6.07) is 0. The lowest BCUT2D eigenvalue weighted by atomic mass is 10.5. The predicted octanol–water partition coefficient (Wildman–Crippen LogP) is -0.0202. The molecule has 0 fully saturated rings. The standard InChI is InChI=1S/C3H7ClNO6P/c4-1-3(11-5(6)7)2-12(8,9)10/h3H,1-2H2,(H2,8,9,10). The zero-order valence-corrected chi connectivity index (χ0v) is 7.44. The van der Waals surface area contributed by atoms with Gasteiger partial charge in [0.15, 0.2) is 0 Å². The predicted molar refractivity (Wildman–Crippen MR) is 39.5 cm³/mol. The van der Waals surface area contributed by atoms with Crippen molar-refractivity contribution in [2.24, 2.45) is 0 Å². The summed E-state index contributed by atoms with van der Waals surface area (Å²) in [6.07, 6.45) is -2.01. The number of nitrogens with zero attached hydrogens (tertiary/aromatic N) is 1. The topological polar surface area (TPSA) is 110 Å². The van der Waals surface area contributed by atoms with E-state index in [0.717, 1.165) is 0 Å². The van der Waals surface area contributed by atoms with Crippen molar-refractivity contribution in [2.45, 2.75) is 6.10 Å². The number of rotatable bonds is 5. The van der Waals surface area contributed by atoms with Gasteiger partial charge in [-0.05, 0) is 0 Å². The van der Waals surface area contributed by atoms with Crippen LogP contribution in [0, 0.1) is 10.1 Å². The third-order valence-electron chi connectivity index (χ3n) is 0.849. The first kappa shape index (κ1) is 11.6. The molecular formula is C3H7ClNO6P. The van der Waals surface area contributed by atoms with Gasteiger partial charge in [0.25, 0.3) is 5.09 Å². The Bertz CT molecular complexity index is 203. The van der Waals surface area contributed by atoms with Crippen LogP contribution >= 0.6 is 19.2 Å². The molecule has 72 valence electrons. The number of halogens is 1. The molecule has 1 unspecified atom stereocenters. The lowest BCUT2D eigenvalue weighted by Gasteiger charge is -2.11. The third-order valence-corrected chi connectivity index (χ3v) is 2.08. The molecule has 0 aliphatic heterocycles. The smallest absolute Gasteiger partial charge is 0.324 e. The highest BCUT2D eigenvalue weighted by Crippen LogP contribution is 2.35. The van der Waals surface area contributed by atoms with E-state index in [-0.39, 0.29) is 5.88 Å². The molecule has 1 atom stereocenters. The van der Waals surface area contributed by atoms with Crippen molar-refractivity contribution < 1.29 is 24.3 Å². The monoisotopic (exact) mass is 219 g/mol. The summed E-state index contributed by atoms with van der Waals surface area (Å²) in [5.41, 5.74) is 0. The fraction of sp³-hybridized carbons (Fsp3) is 1.00. The van der Waals surface area contributed by atoms with Crippen LogP contribution in [-0.2, 0) is 9.40 Å². The van der Waals surface area contributed by atoms with Crippen molar-refractivity contribution in [2.75, 3.05) is 12.0 Å². The summed E-state index contributed by atoms with van der Waals surface area (Å²) >= 11 is 5.14. The van der Waals surface area contributed by atoms with Gasteiger partial charge in [-0.1, -0.05) is 0 Å². The van der Waals surface area contributed by atoms with Gasteiger partial charge in [0.05, 0.1) is 6.16 Å². The first-order valence-corrected chi connectivity index (χ1v) is 5.10. The minimum atomic E-state index is -4.31. The molecule has 0 bridgehead atoms. The Morgan fingerprint density at radius 1 is 1.67 bits per heavy atom. The fourth-order valence-electron chi connectivity index (χ4n) is 0.497. The maximum absolute atomic E-state index is 10.3. The average Bonchev–Trinajstić information content (AvgIpc) is 1.82. The fourth-order valence-corrected chi connectivity index (χ4v) is 1.54. The summed E-state index contributed by atoms with van der Waals surface area (Å²) in [7, 11) is -4.31. The van der Waals surface area contributed by atoms with Crippen molar-refractivity contribution in [1.29, 1.82) is 0 Å². The molecule has 0 amide bonds. The lowest BCUT2D eigenvalue weighted by Crippen LogP contribution is -2.22. The Balaban J connectivity index is 4.00. The van der Waals surface area contributed by atoms with E-state index in [1.807, 2.05) is 0 Å². The van der Waals surface area contributed by atoms with Crippen molar-refractivity contribution in [3.05, 3.63) is 10.1 Å². The van der Waals surface area contributed by atoms with E-state index in [0.29, 0.717) is 0 Å². The minimum Gasteiger partial charge on any atom is -0.324 e. The molecule has 7 nitrogen and oxygen atoms in total. The highest BCUT2D eigenvalue weighted by molar-refractivity contribution is 7.51. The molecule has 2 N–H and O–H groups in total. The molecule has 0 aromatic carbocycles. The van der Waals surface area contributed by atoms with Crippen molar-refractivity contribution in [3.8, 4) is 0 Å². The molecule has 9 heteroatoms. The highest BCUT2D eigenvalue weighted by atomic mass is 35.5. The maximum Gasteiger partial charge on any atom is 0.327 e. The van der Waals surface area contributed by atoms with Gasteiger partial charge in [-0.15, -0.1) is 21.7 Å². The van der Waals surface area contributed by atoms with Crippen molar-refractivity contribution in [3.63, 3.8) is 0 Å². The van der Waals surface area contributed by atoms with Gasteiger partial charge in [-0.2, -0.15) is 0 Å². The molecule has 0 aliphatic carbocycles. The molecule has 0 rings (SSSR count). The first-order valence-electron chi connectivity index (χ1n) is 2.77. The molecule has 0 aromatic rings. The van der Waals surface area contributed by atoms with E-state index in [1.165, 1.54) is 0 Å². The number of alkyl halides is 1. The van der Waals surface area contributed by atoms with Crippen molar-refractivity contribution >= 4 is 19.2 Å². The van der Waals surface area contributed by atoms with Crippen LogP contribution in [0.25, 0.3) is 0 Å². The summed E-state index contributed by atoms with van der Waals surface area (Å²) in [5, 5.41) is 8.59. The summed E-state index contributed by atoms with van der Waals surface area (Å²) in [5.74, 6) is -0.341. The first-order chi connectivity index (χ1) is 5.35.